The Bertz CT molecular complexity index is 565. The van der Waals surface area contributed by atoms with Gasteiger partial charge in [0.2, 0.25) is 10.0 Å². The lowest BCUT2D eigenvalue weighted by Gasteiger charge is -2.12. The van der Waals surface area contributed by atoms with Crippen molar-refractivity contribution in [3.05, 3.63) is 23.3 Å². The molecule has 1 aromatic rings. The maximum Gasteiger partial charge on any atom is 0.335 e. The zero-order valence-corrected chi connectivity index (χ0v) is 11.0. The van der Waals surface area contributed by atoms with Gasteiger partial charge in [0.1, 0.15) is 5.75 Å². The Hall–Kier alpha value is -1.60. The number of nitrogens with two attached hydrogens (primary N) is 1. The Balaban J connectivity index is 3.43. The lowest BCUT2D eigenvalue weighted by atomic mass is 10.1. The first-order valence-corrected chi connectivity index (χ1v) is 6.85. The third-order valence-electron chi connectivity index (χ3n) is 2.33. The fraction of sp³-hybridized carbons (Fsp3) is 0.364. The van der Waals surface area contributed by atoms with Crippen LogP contribution in [0.1, 0.15) is 29.3 Å². The van der Waals surface area contributed by atoms with Crippen LogP contribution >= 0.6 is 0 Å². The van der Waals surface area contributed by atoms with Gasteiger partial charge >= 0.3 is 5.97 Å². The van der Waals surface area contributed by atoms with Crippen molar-refractivity contribution >= 4 is 16.0 Å². The number of aromatic carboxylic acids is 1. The highest BCUT2D eigenvalue weighted by Crippen LogP contribution is 2.27. The molecule has 0 unspecified atom stereocenters. The van der Waals surface area contributed by atoms with E-state index in [1.807, 2.05) is 6.92 Å². The second-order valence-electron chi connectivity index (χ2n) is 3.80. The molecule has 0 bridgehead atoms. The number of carboxylic acid groups (broad SMARTS) is 1. The van der Waals surface area contributed by atoms with Gasteiger partial charge in [0.25, 0.3) is 0 Å². The minimum Gasteiger partial charge on any atom is -0.493 e. The summed E-state index contributed by atoms with van der Waals surface area (Å²) in [6.07, 6.45) is 0.724. The van der Waals surface area contributed by atoms with Gasteiger partial charge < -0.3 is 9.84 Å². The maximum absolute atomic E-state index is 11.4. The predicted molar refractivity (Wildman–Crippen MR) is 65.3 cm³/mol. The van der Waals surface area contributed by atoms with E-state index < -0.39 is 16.0 Å². The molecule has 0 aliphatic heterocycles. The van der Waals surface area contributed by atoms with E-state index in [4.69, 9.17) is 15.0 Å². The molecular weight excluding hydrogens is 258 g/mol. The second kappa shape index (κ2) is 5.36. The van der Waals surface area contributed by atoms with Crippen molar-refractivity contribution in [2.75, 3.05) is 6.61 Å². The maximum atomic E-state index is 11.4. The topological polar surface area (TPSA) is 107 Å². The van der Waals surface area contributed by atoms with Crippen LogP contribution in [-0.2, 0) is 10.0 Å². The summed E-state index contributed by atoms with van der Waals surface area (Å²) in [5.74, 6) is -1.01. The molecular formula is C11H15NO5S. The first-order chi connectivity index (χ1) is 8.27. The summed E-state index contributed by atoms with van der Waals surface area (Å²) in [4.78, 5) is 10.7. The summed E-state index contributed by atoms with van der Waals surface area (Å²) in [5.41, 5.74) is 0.145. The van der Waals surface area contributed by atoms with Crippen molar-refractivity contribution in [3.63, 3.8) is 0 Å². The minimum atomic E-state index is -3.98. The molecule has 0 heterocycles. The summed E-state index contributed by atoms with van der Waals surface area (Å²) in [7, 11) is -3.98. The molecule has 0 atom stereocenters. The Morgan fingerprint density at radius 2 is 2.06 bits per heavy atom. The summed E-state index contributed by atoms with van der Waals surface area (Å²) >= 11 is 0. The van der Waals surface area contributed by atoms with Crippen molar-refractivity contribution < 1.29 is 23.1 Å². The molecule has 0 saturated carbocycles. The zero-order valence-electron chi connectivity index (χ0n) is 10.1. The van der Waals surface area contributed by atoms with Gasteiger partial charge in [-0.05, 0) is 25.5 Å². The molecule has 6 nitrogen and oxygen atoms in total. The van der Waals surface area contributed by atoms with Crippen LogP contribution in [-0.4, -0.2) is 26.1 Å². The number of hydrogen-bond donors (Lipinski definition) is 2. The van der Waals surface area contributed by atoms with Gasteiger partial charge in [-0.15, -0.1) is 0 Å². The number of rotatable bonds is 5. The Kier molecular flexibility index (Phi) is 4.31. The van der Waals surface area contributed by atoms with Gasteiger partial charge in [-0.25, -0.2) is 18.4 Å². The van der Waals surface area contributed by atoms with Crippen molar-refractivity contribution in [1.82, 2.24) is 0 Å². The van der Waals surface area contributed by atoms with Gasteiger partial charge in [0.15, 0.2) is 0 Å². The van der Waals surface area contributed by atoms with Gasteiger partial charge in [-0.3, -0.25) is 0 Å². The first-order valence-electron chi connectivity index (χ1n) is 5.31. The van der Waals surface area contributed by atoms with Crippen LogP contribution in [0, 0.1) is 6.92 Å². The molecule has 0 aromatic heterocycles. The van der Waals surface area contributed by atoms with Crippen LogP contribution in [0.3, 0.4) is 0 Å². The van der Waals surface area contributed by atoms with E-state index in [-0.39, 0.29) is 16.2 Å². The molecule has 1 rings (SSSR count). The normalized spacial score (nSPS) is 11.3. The van der Waals surface area contributed by atoms with E-state index in [1.54, 1.807) is 0 Å². The number of benzene rings is 1. The van der Waals surface area contributed by atoms with Gasteiger partial charge in [-0.2, -0.15) is 0 Å². The van der Waals surface area contributed by atoms with E-state index in [9.17, 15) is 13.2 Å². The van der Waals surface area contributed by atoms with Gasteiger partial charge in [-0.1, -0.05) is 6.92 Å². The van der Waals surface area contributed by atoms with Crippen molar-refractivity contribution in [1.29, 1.82) is 0 Å². The number of carbonyl (C=O) groups is 1. The standard InChI is InChI=1S/C11H15NO5S/c1-3-4-17-9-5-8(11(13)14)6-10(7(9)2)18(12,15)16/h5-6H,3-4H2,1-2H3,(H,13,14)(H2,12,15,16). The quantitative estimate of drug-likeness (QED) is 0.836. The van der Waals surface area contributed by atoms with E-state index >= 15 is 0 Å². The van der Waals surface area contributed by atoms with E-state index in [0.29, 0.717) is 12.2 Å². The molecule has 0 saturated heterocycles. The predicted octanol–water partition coefficient (Wildman–Crippen LogP) is 1.13. The SMILES string of the molecule is CCCOc1cc(C(=O)O)cc(S(N)(=O)=O)c1C. The smallest absolute Gasteiger partial charge is 0.335 e. The van der Waals surface area contributed by atoms with Gasteiger partial charge in [0.05, 0.1) is 17.1 Å². The monoisotopic (exact) mass is 273 g/mol. The third-order valence-corrected chi connectivity index (χ3v) is 3.36. The second-order valence-corrected chi connectivity index (χ2v) is 5.33. The summed E-state index contributed by atoms with van der Waals surface area (Å²) < 4.78 is 28.1. The van der Waals surface area contributed by atoms with Crippen LogP contribution in [0.4, 0.5) is 0 Å². The van der Waals surface area contributed by atoms with Crippen molar-refractivity contribution in [2.45, 2.75) is 25.2 Å². The molecule has 1 aromatic carbocycles. The number of hydrogen-bond acceptors (Lipinski definition) is 4. The highest BCUT2D eigenvalue weighted by Gasteiger charge is 2.19. The zero-order chi connectivity index (χ0) is 13.9. The summed E-state index contributed by atoms with van der Waals surface area (Å²) in [5, 5.41) is 14.0. The van der Waals surface area contributed by atoms with Crippen LogP contribution in [0.5, 0.6) is 5.75 Å². The van der Waals surface area contributed by atoms with Crippen molar-refractivity contribution in [2.24, 2.45) is 5.14 Å². The lowest BCUT2D eigenvalue weighted by Crippen LogP contribution is -2.15. The van der Waals surface area contributed by atoms with E-state index in [2.05, 4.69) is 0 Å². The van der Waals surface area contributed by atoms with Crippen LogP contribution in [0.15, 0.2) is 17.0 Å². The van der Waals surface area contributed by atoms with Crippen LogP contribution in [0.25, 0.3) is 0 Å². The number of carboxylic acids is 1. The molecule has 0 spiro atoms. The molecule has 0 aliphatic carbocycles. The van der Waals surface area contributed by atoms with E-state index in [0.717, 1.165) is 12.5 Å². The molecule has 0 aliphatic rings. The highest BCUT2D eigenvalue weighted by atomic mass is 32.2. The molecule has 3 N–H and O–H groups in total. The Morgan fingerprint density at radius 1 is 1.44 bits per heavy atom. The first kappa shape index (κ1) is 14.5. The highest BCUT2D eigenvalue weighted by molar-refractivity contribution is 7.89. The van der Waals surface area contributed by atoms with Crippen molar-refractivity contribution in [3.8, 4) is 5.75 Å². The fourth-order valence-electron chi connectivity index (χ4n) is 1.44. The number of primary sulfonamides is 1. The average Bonchev–Trinajstić information content (AvgIpc) is 2.25. The summed E-state index contributed by atoms with van der Waals surface area (Å²) in [6, 6.07) is 2.33. The lowest BCUT2D eigenvalue weighted by molar-refractivity contribution is 0.0696. The largest absolute Gasteiger partial charge is 0.493 e. The summed E-state index contributed by atoms with van der Waals surface area (Å²) in [6.45, 7) is 3.78. The number of ether oxygens (including phenoxy) is 1. The molecule has 100 valence electrons. The molecule has 18 heavy (non-hydrogen) atoms. The average molecular weight is 273 g/mol. The molecule has 0 fully saturated rings. The third kappa shape index (κ3) is 3.21. The molecule has 7 heteroatoms. The number of sulfonamides is 1. The molecule has 0 radical (unpaired) electrons. The van der Waals surface area contributed by atoms with Crippen LogP contribution in [0.2, 0.25) is 0 Å². The van der Waals surface area contributed by atoms with E-state index in [1.165, 1.54) is 13.0 Å². The van der Waals surface area contributed by atoms with Crippen LogP contribution < -0.4 is 9.88 Å². The molecule has 0 amide bonds. The van der Waals surface area contributed by atoms with Gasteiger partial charge in [0, 0.05) is 5.56 Å². The minimum absolute atomic E-state index is 0.171. The fourth-order valence-corrected chi connectivity index (χ4v) is 2.26. The Morgan fingerprint density at radius 3 is 2.50 bits per heavy atom. The Labute approximate surface area is 105 Å².